The number of nitrogens with zero attached hydrogens (tertiary/aromatic N) is 1. The van der Waals surface area contributed by atoms with Crippen LogP contribution in [0.25, 0.3) is 0 Å². The van der Waals surface area contributed by atoms with Crippen molar-refractivity contribution in [2.24, 2.45) is 5.73 Å². The Morgan fingerprint density at radius 3 is 2.67 bits per heavy atom. The van der Waals surface area contributed by atoms with Crippen LogP contribution in [0, 0.1) is 0 Å². The van der Waals surface area contributed by atoms with E-state index >= 15 is 0 Å². The monoisotopic (exact) mass is 286 g/mol. The summed E-state index contributed by atoms with van der Waals surface area (Å²) < 4.78 is 5.36. The third-order valence-corrected chi connectivity index (χ3v) is 3.20. The molecule has 1 rings (SSSR count). The van der Waals surface area contributed by atoms with E-state index in [9.17, 15) is 0 Å². The number of benzene rings is 1. The lowest BCUT2D eigenvalue weighted by molar-refractivity contribution is 0.154. The zero-order chi connectivity index (χ0) is 13.5. The first kappa shape index (κ1) is 15.2. The second-order valence-electron chi connectivity index (χ2n) is 3.81. The van der Waals surface area contributed by atoms with Crippen LogP contribution >= 0.6 is 23.8 Å². The number of thiocarbonyl (C=S) groups is 1. The molecule has 0 amide bonds. The van der Waals surface area contributed by atoms with Gasteiger partial charge in [0.15, 0.2) is 0 Å². The maximum absolute atomic E-state index is 6.26. The number of anilines is 1. The molecule has 0 saturated carbocycles. The highest BCUT2D eigenvalue weighted by Crippen LogP contribution is 2.26. The van der Waals surface area contributed by atoms with E-state index in [4.69, 9.17) is 34.3 Å². The van der Waals surface area contributed by atoms with Gasteiger partial charge in [0.25, 0.3) is 0 Å². The SMILES string of the molecule is CCOCCN(CC)c1ccc(C(N)=S)cc1Cl. The first-order valence-electron chi connectivity index (χ1n) is 6.02. The highest BCUT2D eigenvalue weighted by Gasteiger charge is 2.10. The van der Waals surface area contributed by atoms with Crippen molar-refractivity contribution in [3.8, 4) is 0 Å². The van der Waals surface area contributed by atoms with Crippen molar-refractivity contribution in [1.82, 2.24) is 0 Å². The van der Waals surface area contributed by atoms with Crippen molar-refractivity contribution in [2.75, 3.05) is 31.2 Å². The van der Waals surface area contributed by atoms with Crippen LogP contribution in [0.15, 0.2) is 18.2 Å². The Hall–Kier alpha value is -0.840. The summed E-state index contributed by atoms with van der Waals surface area (Å²) in [5.41, 5.74) is 7.36. The Morgan fingerprint density at radius 1 is 1.44 bits per heavy atom. The fraction of sp³-hybridized carbons (Fsp3) is 0.462. The number of rotatable bonds is 7. The predicted octanol–water partition coefficient (Wildman–Crippen LogP) is 2.84. The van der Waals surface area contributed by atoms with Gasteiger partial charge in [-0.05, 0) is 32.0 Å². The molecular weight excluding hydrogens is 268 g/mol. The summed E-state index contributed by atoms with van der Waals surface area (Å²) in [5.74, 6) is 0. The van der Waals surface area contributed by atoms with Gasteiger partial charge in [0.05, 0.1) is 17.3 Å². The van der Waals surface area contributed by atoms with Crippen molar-refractivity contribution in [1.29, 1.82) is 0 Å². The van der Waals surface area contributed by atoms with E-state index in [1.54, 1.807) is 0 Å². The molecule has 0 spiro atoms. The zero-order valence-corrected chi connectivity index (χ0v) is 12.4. The van der Waals surface area contributed by atoms with Gasteiger partial charge in [0, 0.05) is 25.3 Å². The molecule has 0 unspecified atom stereocenters. The molecule has 0 heterocycles. The second kappa shape index (κ2) is 7.56. The summed E-state index contributed by atoms with van der Waals surface area (Å²) in [6.45, 7) is 7.18. The van der Waals surface area contributed by atoms with Gasteiger partial charge in [-0.3, -0.25) is 0 Å². The standard InChI is InChI=1S/C13H19ClN2OS/c1-3-16(7-8-17-4-2)12-6-5-10(13(15)18)9-11(12)14/h5-6,9H,3-4,7-8H2,1-2H3,(H2,15,18). The minimum Gasteiger partial charge on any atom is -0.389 e. The predicted molar refractivity (Wildman–Crippen MR) is 81.7 cm³/mol. The average Bonchev–Trinajstić information content (AvgIpc) is 2.35. The Balaban J connectivity index is 2.82. The summed E-state index contributed by atoms with van der Waals surface area (Å²) in [7, 11) is 0. The largest absolute Gasteiger partial charge is 0.389 e. The number of halogens is 1. The lowest BCUT2D eigenvalue weighted by Crippen LogP contribution is -2.27. The molecule has 18 heavy (non-hydrogen) atoms. The normalized spacial score (nSPS) is 10.4. The van der Waals surface area contributed by atoms with Crippen LogP contribution in [0.4, 0.5) is 5.69 Å². The van der Waals surface area contributed by atoms with Crippen LogP contribution in [-0.2, 0) is 4.74 Å². The van der Waals surface area contributed by atoms with Gasteiger partial charge in [-0.2, -0.15) is 0 Å². The topological polar surface area (TPSA) is 38.5 Å². The Bertz CT molecular complexity index is 412. The Morgan fingerprint density at radius 2 is 2.17 bits per heavy atom. The van der Waals surface area contributed by atoms with Crippen molar-refractivity contribution < 1.29 is 4.74 Å². The maximum Gasteiger partial charge on any atom is 0.104 e. The van der Waals surface area contributed by atoms with Crippen molar-refractivity contribution in [3.63, 3.8) is 0 Å². The van der Waals surface area contributed by atoms with E-state index in [2.05, 4.69) is 11.8 Å². The van der Waals surface area contributed by atoms with Crippen molar-refractivity contribution in [3.05, 3.63) is 28.8 Å². The Labute approximate surface area is 119 Å². The molecule has 0 aromatic heterocycles. The lowest BCUT2D eigenvalue weighted by Gasteiger charge is -2.24. The minimum atomic E-state index is 0.362. The zero-order valence-electron chi connectivity index (χ0n) is 10.8. The van der Waals surface area contributed by atoms with E-state index in [0.29, 0.717) is 16.6 Å². The molecule has 0 saturated heterocycles. The average molecular weight is 287 g/mol. The number of hydrogen-bond acceptors (Lipinski definition) is 3. The third kappa shape index (κ3) is 4.12. The van der Waals surface area contributed by atoms with Crippen LogP contribution in [-0.4, -0.2) is 31.3 Å². The third-order valence-electron chi connectivity index (χ3n) is 2.66. The summed E-state index contributed by atoms with van der Waals surface area (Å²) in [4.78, 5) is 2.53. The maximum atomic E-state index is 6.26. The molecule has 0 aliphatic heterocycles. The van der Waals surface area contributed by atoms with Crippen LogP contribution < -0.4 is 10.6 Å². The molecule has 0 atom stereocenters. The molecule has 0 aliphatic rings. The highest BCUT2D eigenvalue weighted by molar-refractivity contribution is 7.80. The van der Waals surface area contributed by atoms with E-state index in [-0.39, 0.29) is 0 Å². The molecule has 0 aliphatic carbocycles. The summed E-state index contributed by atoms with van der Waals surface area (Å²) >= 11 is 11.2. The van der Waals surface area contributed by atoms with Gasteiger partial charge in [-0.1, -0.05) is 23.8 Å². The summed E-state index contributed by atoms with van der Waals surface area (Å²) in [5, 5.41) is 0.665. The first-order valence-corrected chi connectivity index (χ1v) is 6.80. The number of hydrogen-bond donors (Lipinski definition) is 1. The molecule has 3 nitrogen and oxygen atoms in total. The van der Waals surface area contributed by atoms with E-state index < -0.39 is 0 Å². The Kier molecular flexibility index (Phi) is 6.39. The van der Waals surface area contributed by atoms with Gasteiger partial charge < -0.3 is 15.4 Å². The van der Waals surface area contributed by atoms with Gasteiger partial charge in [-0.25, -0.2) is 0 Å². The quantitative estimate of drug-likeness (QED) is 0.618. The van der Waals surface area contributed by atoms with E-state index in [1.807, 2.05) is 25.1 Å². The molecule has 5 heteroatoms. The van der Waals surface area contributed by atoms with Crippen molar-refractivity contribution >= 4 is 34.5 Å². The summed E-state index contributed by atoms with van der Waals surface area (Å²) in [6, 6.07) is 5.65. The van der Waals surface area contributed by atoms with Crippen LogP contribution in [0.2, 0.25) is 5.02 Å². The molecule has 0 fully saturated rings. The summed E-state index contributed by atoms with van der Waals surface area (Å²) in [6.07, 6.45) is 0. The highest BCUT2D eigenvalue weighted by atomic mass is 35.5. The molecule has 0 bridgehead atoms. The second-order valence-corrected chi connectivity index (χ2v) is 4.65. The fourth-order valence-electron chi connectivity index (χ4n) is 1.68. The first-order chi connectivity index (χ1) is 8.60. The van der Waals surface area contributed by atoms with Gasteiger partial charge in [0.1, 0.15) is 4.99 Å². The smallest absolute Gasteiger partial charge is 0.104 e. The number of nitrogens with two attached hydrogens (primary N) is 1. The minimum absolute atomic E-state index is 0.362. The van der Waals surface area contributed by atoms with Gasteiger partial charge in [0.2, 0.25) is 0 Å². The molecule has 0 radical (unpaired) electrons. The lowest BCUT2D eigenvalue weighted by atomic mass is 10.2. The van der Waals surface area contributed by atoms with Gasteiger partial charge in [-0.15, -0.1) is 0 Å². The molecule has 2 N–H and O–H groups in total. The molecule has 1 aromatic carbocycles. The fourth-order valence-corrected chi connectivity index (χ4v) is 2.11. The molecular formula is C13H19ClN2OS. The molecule has 1 aromatic rings. The van der Waals surface area contributed by atoms with Crippen LogP contribution in [0.5, 0.6) is 0 Å². The van der Waals surface area contributed by atoms with Gasteiger partial charge >= 0.3 is 0 Å². The van der Waals surface area contributed by atoms with E-state index in [1.165, 1.54) is 0 Å². The van der Waals surface area contributed by atoms with Crippen LogP contribution in [0.1, 0.15) is 19.4 Å². The van der Waals surface area contributed by atoms with E-state index in [0.717, 1.165) is 30.9 Å². The van der Waals surface area contributed by atoms with Crippen molar-refractivity contribution in [2.45, 2.75) is 13.8 Å². The number of ether oxygens (including phenoxy) is 1. The van der Waals surface area contributed by atoms with Crippen LogP contribution in [0.3, 0.4) is 0 Å². The number of likely N-dealkylation sites (N-methyl/N-ethyl adjacent to an activating group) is 1. The molecule has 100 valence electrons.